The molecule has 0 aliphatic carbocycles. The summed E-state index contributed by atoms with van der Waals surface area (Å²) in [7, 11) is 1.50. The number of rotatable bonds is 7. The first-order chi connectivity index (χ1) is 14.5. The van der Waals surface area contributed by atoms with Gasteiger partial charge in [0.1, 0.15) is 5.75 Å². The molecule has 1 aliphatic heterocycles. The van der Waals surface area contributed by atoms with E-state index in [2.05, 4.69) is 5.32 Å². The number of para-hydroxylation sites is 2. The van der Waals surface area contributed by atoms with Crippen molar-refractivity contribution in [1.29, 1.82) is 0 Å². The van der Waals surface area contributed by atoms with E-state index in [9.17, 15) is 14.4 Å². The van der Waals surface area contributed by atoms with Crippen LogP contribution in [-0.2, 0) is 19.1 Å². The van der Waals surface area contributed by atoms with Crippen LogP contribution in [0.2, 0.25) is 5.02 Å². The van der Waals surface area contributed by atoms with Crippen LogP contribution < -0.4 is 15.0 Å². The van der Waals surface area contributed by atoms with Gasteiger partial charge < -0.3 is 19.7 Å². The number of benzene rings is 2. The van der Waals surface area contributed by atoms with Crippen molar-refractivity contribution >= 4 is 46.8 Å². The molecule has 1 N–H and O–H groups in total. The number of ether oxygens (including phenoxy) is 2. The molecule has 30 heavy (non-hydrogen) atoms. The van der Waals surface area contributed by atoms with E-state index in [4.69, 9.17) is 21.1 Å². The van der Waals surface area contributed by atoms with Crippen molar-refractivity contribution in [2.24, 2.45) is 0 Å². The van der Waals surface area contributed by atoms with Crippen LogP contribution in [0, 0.1) is 0 Å². The topological polar surface area (TPSA) is 84.9 Å². The lowest BCUT2D eigenvalue weighted by atomic mass is 10.1. The fraction of sp³-hybridized carbons (Fsp3) is 0.286. The van der Waals surface area contributed by atoms with Crippen LogP contribution in [0.5, 0.6) is 5.75 Å². The van der Waals surface area contributed by atoms with Gasteiger partial charge in [0.05, 0.1) is 18.7 Å². The second kappa shape index (κ2) is 10.4. The number of fused-ring (bicyclic) bond motifs is 1. The normalized spacial score (nSPS) is 15.0. The molecule has 3 rings (SSSR count). The van der Waals surface area contributed by atoms with Gasteiger partial charge in [0.2, 0.25) is 0 Å². The highest BCUT2D eigenvalue weighted by Gasteiger charge is 2.33. The molecule has 2 aromatic carbocycles. The minimum atomic E-state index is -0.833. The molecule has 158 valence electrons. The number of hydrogen-bond donors (Lipinski definition) is 1. The Balaban J connectivity index is 1.52. The lowest BCUT2D eigenvalue weighted by Gasteiger charge is -2.33. The molecule has 0 fully saturated rings. The lowest BCUT2D eigenvalue weighted by molar-refractivity contribution is -0.147. The highest BCUT2D eigenvalue weighted by atomic mass is 35.5. The monoisotopic (exact) mass is 448 g/mol. The molecule has 0 saturated carbocycles. The van der Waals surface area contributed by atoms with Crippen molar-refractivity contribution in [1.82, 2.24) is 5.32 Å². The van der Waals surface area contributed by atoms with Gasteiger partial charge >= 0.3 is 5.97 Å². The minimum absolute atomic E-state index is 0.0412. The zero-order valence-corrected chi connectivity index (χ0v) is 17.9. The number of nitrogens with zero attached hydrogens (tertiary/aromatic N) is 1. The summed E-state index contributed by atoms with van der Waals surface area (Å²) in [6.07, 6.45) is -0.665. The van der Waals surface area contributed by atoms with Crippen LogP contribution in [0.4, 0.5) is 5.69 Å². The molecular weight excluding hydrogens is 428 g/mol. The molecule has 0 bridgehead atoms. The molecule has 2 aromatic rings. The smallest absolute Gasteiger partial charge is 0.307 e. The van der Waals surface area contributed by atoms with Gasteiger partial charge in [-0.1, -0.05) is 23.7 Å². The summed E-state index contributed by atoms with van der Waals surface area (Å²) in [6.45, 7) is -0.362. The molecule has 1 atom stereocenters. The number of hydrogen-bond acceptors (Lipinski definition) is 6. The Morgan fingerprint density at radius 2 is 1.93 bits per heavy atom. The van der Waals surface area contributed by atoms with Gasteiger partial charge in [-0.3, -0.25) is 14.4 Å². The van der Waals surface area contributed by atoms with E-state index in [1.54, 1.807) is 36.4 Å². The lowest BCUT2D eigenvalue weighted by Crippen LogP contribution is -2.51. The Labute approximate surface area is 183 Å². The van der Waals surface area contributed by atoms with E-state index < -0.39 is 24.6 Å². The van der Waals surface area contributed by atoms with Crippen molar-refractivity contribution in [3.8, 4) is 5.75 Å². The SMILES string of the molecule is CNC(=O)C1CN(C(=O)COC(=O)CCSc2ccc(Cl)cc2)c2ccccc2O1. The van der Waals surface area contributed by atoms with Crippen LogP contribution >= 0.6 is 23.4 Å². The molecular formula is C21H21ClN2O5S. The standard InChI is InChI=1S/C21H21ClN2O5S/c1-23-21(27)18-12-24(16-4-2-3-5-17(16)29-18)19(25)13-28-20(26)10-11-30-15-8-6-14(22)7-9-15/h2-9,18H,10-13H2,1H3,(H,23,27). The predicted octanol–water partition coefficient (Wildman–Crippen LogP) is 2.91. The first kappa shape index (κ1) is 22.0. The molecule has 9 heteroatoms. The molecule has 1 aliphatic rings. The number of carbonyl (C=O) groups excluding carboxylic acids is 3. The number of thioether (sulfide) groups is 1. The van der Waals surface area contributed by atoms with Gasteiger partial charge in [0, 0.05) is 22.7 Å². The van der Waals surface area contributed by atoms with Gasteiger partial charge in [-0.05, 0) is 36.4 Å². The number of esters is 1. The van der Waals surface area contributed by atoms with Crippen molar-refractivity contribution in [2.75, 3.05) is 30.9 Å². The van der Waals surface area contributed by atoms with Crippen molar-refractivity contribution in [2.45, 2.75) is 17.4 Å². The zero-order valence-electron chi connectivity index (χ0n) is 16.3. The third kappa shape index (κ3) is 5.67. The Morgan fingerprint density at radius 1 is 1.20 bits per heavy atom. The molecule has 2 amide bonds. The number of carbonyl (C=O) groups is 3. The highest BCUT2D eigenvalue weighted by molar-refractivity contribution is 7.99. The number of nitrogens with one attached hydrogen (secondary N) is 1. The predicted molar refractivity (Wildman–Crippen MR) is 115 cm³/mol. The van der Waals surface area contributed by atoms with Crippen LogP contribution in [-0.4, -0.2) is 49.8 Å². The van der Waals surface area contributed by atoms with E-state index in [1.165, 1.54) is 23.7 Å². The van der Waals surface area contributed by atoms with Crippen LogP contribution in [0.3, 0.4) is 0 Å². The molecule has 1 unspecified atom stereocenters. The Hall–Kier alpha value is -2.71. The van der Waals surface area contributed by atoms with Crippen molar-refractivity contribution < 1.29 is 23.9 Å². The third-order valence-electron chi connectivity index (χ3n) is 4.36. The highest BCUT2D eigenvalue weighted by Crippen LogP contribution is 2.33. The summed E-state index contributed by atoms with van der Waals surface area (Å²) in [5.74, 6) is -0.268. The molecule has 0 saturated heterocycles. The average Bonchev–Trinajstić information content (AvgIpc) is 2.77. The van der Waals surface area contributed by atoms with E-state index in [0.717, 1.165) is 4.90 Å². The maximum atomic E-state index is 12.7. The number of amides is 2. The second-order valence-corrected chi connectivity index (χ2v) is 8.01. The number of likely N-dealkylation sites (N-methyl/N-ethyl adjacent to an activating group) is 1. The zero-order chi connectivity index (χ0) is 21.5. The van der Waals surface area contributed by atoms with E-state index in [-0.39, 0.29) is 18.9 Å². The summed E-state index contributed by atoms with van der Waals surface area (Å²) in [5.41, 5.74) is 0.539. The summed E-state index contributed by atoms with van der Waals surface area (Å²) < 4.78 is 10.8. The summed E-state index contributed by atoms with van der Waals surface area (Å²) in [5, 5.41) is 3.17. The number of anilines is 1. The maximum Gasteiger partial charge on any atom is 0.307 e. The number of halogens is 1. The maximum absolute atomic E-state index is 12.7. The largest absolute Gasteiger partial charge is 0.477 e. The Bertz CT molecular complexity index is 922. The Morgan fingerprint density at radius 3 is 2.67 bits per heavy atom. The molecule has 0 spiro atoms. The second-order valence-electron chi connectivity index (χ2n) is 6.41. The summed E-state index contributed by atoms with van der Waals surface area (Å²) in [6, 6.07) is 14.2. The Kier molecular flexibility index (Phi) is 7.59. The molecule has 0 aromatic heterocycles. The summed E-state index contributed by atoms with van der Waals surface area (Å²) >= 11 is 7.35. The van der Waals surface area contributed by atoms with Gasteiger partial charge in [-0.2, -0.15) is 0 Å². The van der Waals surface area contributed by atoms with Crippen LogP contribution in [0.25, 0.3) is 0 Å². The van der Waals surface area contributed by atoms with Gasteiger partial charge in [0.15, 0.2) is 12.7 Å². The van der Waals surface area contributed by atoms with Gasteiger partial charge in [0.25, 0.3) is 11.8 Å². The van der Waals surface area contributed by atoms with E-state index in [1.807, 2.05) is 12.1 Å². The van der Waals surface area contributed by atoms with Gasteiger partial charge in [-0.15, -0.1) is 11.8 Å². The molecule has 1 heterocycles. The first-order valence-corrected chi connectivity index (χ1v) is 10.7. The van der Waals surface area contributed by atoms with Crippen molar-refractivity contribution in [3.05, 3.63) is 53.6 Å². The minimum Gasteiger partial charge on any atom is -0.477 e. The first-order valence-electron chi connectivity index (χ1n) is 9.29. The third-order valence-corrected chi connectivity index (χ3v) is 5.62. The van der Waals surface area contributed by atoms with Crippen LogP contribution in [0.15, 0.2) is 53.4 Å². The summed E-state index contributed by atoms with van der Waals surface area (Å²) in [4.78, 5) is 39.1. The fourth-order valence-electron chi connectivity index (χ4n) is 2.84. The average molecular weight is 449 g/mol. The van der Waals surface area contributed by atoms with Crippen LogP contribution in [0.1, 0.15) is 6.42 Å². The quantitative estimate of drug-likeness (QED) is 0.518. The van der Waals surface area contributed by atoms with Gasteiger partial charge in [-0.25, -0.2) is 0 Å². The van der Waals surface area contributed by atoms with Crippen molar-refractivity contribution in [3.63, 3.8) is 0 Å². The van der Waals surface area contributed by atoms with E-state index in [0.29, 0.717) is 22.2 Å². The molecule has 0 radical (unpaired) electrons. The molecule has 7 nitrogen and oxygen atoms in total. The van der Waals surface area contributed by atoms with E-state index >= 15 is 0 Å². The fourth-order valence-corrected chi connectivity index (χ4v) is 3.80.